The van der Waals surface area contributed by atoms with E-state index in [9.17, 15) is 4.79 Å². The first-order chi connectivity index (χ1) is 7.65. The highest BCUT2D eigenvalue weighted by Gasteiger charge is 2.18. The van der Waals surface area contributed by atoms with E-state index in [-0.39, 0.29) is 23.5 Å². The van der Waals surface area contributed by atoms with Crippen LogP contribution >= 0.6 is 12.6 Å². The summed E-state index contributed by atoms with van der Waals surface area (Å²) < 4.78 is 9.87. The normalized spacial score (nSPS) is 9.38. The van der Waals surface area contributed by atoms with Crippen LogP contribution < -0.4 is 4.74 Å². The first-order valence-electron chi connectivity index (χ1n) is 4.62. The number of methoxy groups -OCH3 is 1. The van der Waals surface area contributed by atoms with Crippen LogP contribution in [-0.2, 0) is 4.74 Å². The fourth-order valence-corrected chi connectivity index (χ4v) is 1.55. The number of nitriles is 1. The lowest BCUT2D eigenvalue weighted by Crippen LogP contribution is -2.08. The van der Waals surface area contributed by atoms with Crippen molar-refractivity contribution in [2.24, 2.45) is 0 Å². The monoisotopic (exact) mass is 237 g/mol. The average Bonchev–Trinajstić information content (AvgIpc) is 2.28. The first-order valence-corrected chi connectivity index (χ1v) is 5.07. The minimum atomic E-state index is -0.536. The molecule has 0 aliphatic heterocycles. The lowest BCUT2D eigenvalue weighted by molar-refractivity contribution is 0.0525. The summed E-state index contributed by atoms with van der Waals surface area (Å²) in [6.45, 7) is 1.96. The van der Waals surface area contributed by atoms with E-state index in [1.807, 2.05) is 6.07 Å². The lowest BCUT2D eigenvalue weighted by Gasteiger charge is -2.09. The second-order valence-electron chi connectivity index (χ2n) is 2.87. The molecule has 0 aliphatic carbocycles. The van der Waals surface area contributed by atoms with Crippen molar-refractivity contribution in [3.63, 3.8) is 0 Å². The molecule has 84 valence electrons. The number of ether oxygens (including phenoxy) is 2. The molecule has 0 saturated carbocycles. The molecule has 0 aromatic heterocycles. The van der Waals surface area contributed by atoms with Crippen molar-refractivity contribution in [1.82, 2.24) is 0 Å². The van der Waals surface area contributed by atoms with Gasteiger partial charge in [-0.05, 0) is 19.1 Å². The molecule has 0 aliphatic rings. The number of carbonyl (C=O) groups is 1. The van der Waals surface area contributed by atoms with Crippen LogP contribution in [0.5, 0.6) is 5.75 Å². The summed E-state index contributed by atoms with van der Waals surface area (Å²) in [5.74, 6) is -0.248. The Morgan fingerprint density at radius 1 is 1.56 bits per heavy atom. The van der Waals surface area contributed by atoms with Gasteiger partial charge in [-0.15, -0.1) is 12.6 Å². The van der Waals surface area contributed by atoms with Crippen LogP contribution in [0.1, 0.15) is 22.8 Å². The molecule has 0 amide bonds. The topological polar surface area (TPSA) is 59.3 Å². The maximum atomic E-state index is 11.6. The standard InChI is InChI=1S/C11H11NO3S/c1-3-15-11(13)7-4-5-9(16)10(14-2)8(7)6-12/h4-5,16H,3H2,1-2H3. The van der Waals surface area contributed by atoms with Crippen molar-refractivity contribution >= 4 is 18.6 Å². The molecule has 0 saturated heterocycles. The molecular formula is C11H11NO3S. The van der Waals surface area contributed by atoms with E-state index in [0.717, 1.165) is 0 Å². The molecule has 0 atom stereocenters. The van der Waals surface area contributed by atoms with E-state index < -0.39 is 5.97 Å². The molecule has 1 aromatic rings. The molecule has 0 spiro atoms. The Hall–Kier alpha value is -1.67. The zero-order chi connectivity index (χ0) is 12.1. The van der Waals surface area contributed by atoms with Gasteiger partial charge < -0.3 is 9.47 Å². The van der Waals surface area contributed by atoms with E-state index >= 15 is 0 Å². The van der Waals surface area contributed by atoms with Crippen LogP contribution in [0.25, 0.3) is 0 Å². The van der Waals surface area contributed by atoms with Crippen molar-refractivity contribution in [2.45, 2.75) is 11.8 Å². The van der Waals surface area contributed by atoms with Gasteiger partial charge in [0.05, 0.1) is 19.3 Å². The van der Waals surface area contributed by atoms with E-state index in [0.29, 0.717) is 4.90 Å². The number of hydrogen-bond acceptors (Lipinski definition) is 5. The molecule has 1 rings (SSSR count). The molecule has 0 fully saturated rings. The Morgan fingerprint density at radius 3 is 2.75 bits per heavy atom. The van der Waals surface area contributed by atoms with Crippen molar-refractivity contribution in [2.75, 3.05) is 13.7 Å². The van der Waals surface area contributed by atoms with Gasteiger partial charge in [0.15, 0.2) is 5.75 Å². The summed E-state index contributed by atoms with van der Waals surface area (Å²) in [5.41, 5.74) is 0.340. The maximum absolute atomic E-state index is 11.6. The van der Waals surface area contributed by atoms with Gasteiger partial charge in [0.1, 0.15) is 11.6 Å². The van der Waals surface area contributed by atoms with Gasteiger partial charge in [-0.3, -0.25) is 0 Å². The summed E-state index contributed by atoms with van der Waals surface area (Å²) in [6.07, 6.45) is 0. The Bertz CT molecular complexity index is 451. The van der Waals surface area contributed by atoms with E-state index in [1.165, 1.54) is 13.2 Å². The molecule has 4 nitrogen and oxygen atoms in total. The van der Waals surface area contributed by atoms with Crippen molar-refractivity contribution in [3.8, 4) is 11.8 Å². The molecule has 1 aromatic carbocycles. The zero-order valence-corrected chi connectivity index (χ0v) is 9.88. The predicted octanol–water partition coefficient (Wildman–Crippen LogP) is 2.03. The number of nitrogens with zero attached hydrogens (tertiary/aromatic N) is 1. The van der Waals surface area contributed by atoms with Gasteiger partial charge in [0.2, 0.25) is 0 Å². The number of esters is 1. The number of benzene rings is 1. The van der Waals surface area contributed by atoms with E-state index in [4.69, 9.17) is 14.7 Å². The van der Waals surface area contributed by atoms with Gasteiger partial charge in [0.25, 0.3) is 0 Å². The Labute approximate surface area is 99.2 Å². The smallest absolute Gasteiger partial charge is 0.339 e. The van der Waals surface area contributed by atoms with Crippen LogP contribution in [0, 0.1) is 11.3 Å². The molecule has 5 heteroatoms. The van der Waals surface area contributed by atoms with Gasteiger partial charge in [-0.1, -0.05) is 0 Å². The number of carbonyl (C=O) groups excluding carboxylic acids is 1. The van der Waals surface area contributed by atoms with Crippen molar-refractivity contribution < 1.29 is 14.3 Å². The van der Waals surface area contributed by atoms with Crippen LogP contribution in [-0.4, -0.2) is 19.7 Å². The summed E-state index contributed by atoms with van der Waals surface area (Å²) in [5, 5.41) is 9.00. The fraction of sp³-hybridized carbons (Fsp3) is 0.273. The molecule has 0 heterocycles. The predicted molar refractivity (Wildman–Crippen MR) is 60.9 cm³/mol. The summed E-state index contributed by atoms with van der Waals surface area (Å²) in [4.78, 5) is 12.1. The van der Waals surface area contributed by atoms with E-state index in [1.54, 1.807) is 13.0 Å². The van der Waals surface area contributed by atoms with Gasteiger partial charge in [0, 0.05) is 4.90 Å². The van der Waals surface area contributed by atoms with Crippen LogP contribution in [0.4, 0.5) is 0 Å². The molecular weight excluding hydrogens is 226 g/mol. The van der Waals surface area contributed by atoms with Crippen LogP contribution in [0.2, 0.25) is 0 Å². The summed E-state index contributed by atoms with van der Waals surface area (Å²) >= 11 is 4.14. The SMILES string of the molecule is CCOC(=O)c1ccc(S)c(OC)c1C#N. The van der Waals surface area contributed by atoms with Crippen molar-refractivity contribution in [3.05, 3.63) is 23.3 Å². The quantitative estimate of drug-likeness (QED) is 0.645. The molecule has 0 unspecified atom stereocenters. The average molecular weight is 237 g/mol. The summed E-state index contributed by atoms with van der Waals surface area (Å²) in [6, 6.07) is 5.01. The maximum Gasteiger partial charge on any atom is 0.339 e. The summed E-state index contributed by atoms with van der Waals surface area (Å²) in [7, 11) is 1.42. The highest BCUT2D eigenvalue weighted by atomic mass is 32.1. The third-order valence-corrected chi connectivity index (χ3v) is 2.30. The van der Waals surface area contributed by atoms with Gasteiger partial charge in [-0.25, -0.2) is 4.79 Å². The highest BCUT2D eigenvalue weighted by Crippen LogP contribution is 2.29. The Morgan fingerprint density at radius 2 is 2.25 bits per heavy atom. The zero-order valence-electron chi connectivity index (χ0n) is 8.98. The fourth-order valence-electron chi connectivity index (χ4n) is 1.27. The lowest BCUT2D eigenvalue weighted by atomic mass is 10.1. The Balaban J connectivity index is 3.31. The first kappa shape index (κ1) is 12.4. The number of rotatable bonds is 3. The second-order valence-corrected chi connectivity index (χ2v) is 3.35. The molecule has 0 N–H and O–H groups in total. The van der Waals surface area contributed by atoms with E-state index in [2.05, 4.69) is 12.6 Å². The van der Waals surface area contributed by atoms with Gasteiger partial charge >= 0.3 is 5.97 Å². The third kappa shape index (κ3) is 2.28. The van der Waals surface area contributed by atoms with Crippen LogP contribution in [0.3, 0.4) is 0 Å². The third-order valence-electron chi connectivity index (χ3n) is 1.95. The van der Waals surface area contributed by atoms with Crippen LogP contribution in [0.15, 0.2) is 17.0 Å². The Kier molecular flexibility index (Phi) is 4.20. The second kappa shape index (κ2) is 5.42. The minimum absolute atomic E-state index is 0.147. The number of thiol groups is 1. The van der Waals surface area contributed by atoms with Crippen molar-refractivity contribution in [1.29, 1.82) is 5.26 Å². The molecule has 16 heavy (non-hydrogen) atoms. The number of hydrogen-bond donors (Lipinski definition) is 1. The largest absolute Gasteiger partial charge is 0.494 e. The molecule has 0 radical (unpaired) electrons. The molecule has 0 bridgehead atoms. The highest BCUT2D eigenvalue weighted by molar-refractivity contribution is 7.80. The van der Waals surface area contributed by atoms with Gasteiger partial charge in [-0.2, -0.15) is 5.26 Å². The minimum Gasteiger partial charge on any atom is -0.494 e.